The Hall–Kier alpha value is -1.58. The molecule has 1 aliphatic rings. The first-order valence-corrected chi connectivity index (χ1v) is 6.56. The van der Waals surface area contributed by atoms with E-state index in [1.165, 1.54) is 18.7 Å². The summed E-state index contributed by atoms with van der Waals surface area (Å²) in [5.41, 5.74) is 0.326. The smallest absolute Gasteiger partial charge is 0.252 e. The van der Waals surface area contributed by atoms with Crippen LogP contribution in [-0.2, 0) is 0 Å². The summed E-state index contributed by atoms with van der Waals surface area (Å²) in [4.78, 5) is 25.5. The SMILES string of the molecule is CC1CCC(NC(=O)c2ccc(=O)[nH]c2)C(C)C1. The number of amides is 1. The summed E-state index contributed by atoms with van der Waals surface area (Å²) in [5.74, 6) is 1.17. The molecule has 4 heteroatoms. The summed E-state index contributed by atoms with van der Waals surface area (Å²) in [6.07, 6.45) is 4.84. The molecule has 3 unspecified atom stereocenters. The van der Waals surface area contributed by atoms with Crippen LogP contribution in [0.1, 0.15) is 43.5 Å². The van der Waals surface area contributed by atoms with Gasteiger partial charge in [0, 0.05) is 18.3 Å². The minimum atomic E-state index is -0.189. The Kier molecular flexibility index (Phi) is 3.84. The molecule has 1 aromatic rings. The Labute approximate surface area is 107 Å². The van der Waals surface area contributed by atoms with Gasteiger partial charge in [0.2, 0.25) is 5.56 Å². The molecule has 0 aliphatic heterocycles. The van der Waals surface area contributed by atoms with Gasteiger partial charge in [0.25, 0.3) is 5.91 Å². The monoisotopic (exact) mass is 248 g/mol. The first kappa shape index (κ1) is 12.9. The molecular weight excluding hydrogens is 228 g/mol. The lowest BCUT2D eigenvalue weighted by Gasteiger charge is -2.33. The molecule has 1 amide bonds. The Morgan fingerprint density at radius 2 is 2.11 bits per heavy atom. The van der Waals surface area contributed by atoms with Crippen molar-refractivity contribution < 1.29 is 4.79 Å². The third kappa shape index (κ3) is 3.00. The van der Waals surface area contributed by atoms with Crippen LogP contribution in [0, 0.1) is 11.8 Å². The third-order valence-electron chi connectivity index (χ3n) is 3.79. The van der Waals surface area contributed by atoms with Crippen molar-refractivity contribution in [1.82, 2.24) is 10.3 Å². The van der Waals surface area contributed by atoms with Gasteiger partial charge in [-0.05, 0) is 37.2 Å². The van der Waals surface area contributed by atoms with Crippen LogP contribution in [0.25, 0.3) is 0 Å². The Bertz CT molecular complexity index is 460. The summed E-state index contributed by atoms with van der Waals surface area (Å²) in [6, 6.07) is 3.19. The van der Waals surface area contributed by atoms with Gasteiger partial charge in [0.05, 0.1) is 5.56 Å². The van der Waals surface area contributed by atoms with Gasteiger partial charge in [0.15, 0.2) is 0 Å². The highest BCUT2D eigenvalue weighted by Gasteiger charge is 2.26. The van der Waals surface area contributed by atoms with Crippen LogP contribution in [0.4, 0.5) is 0 Å². The average Bonchev–Trinajstić information content (AvgIpc) is 2.33. The zero-order valence-electron chi connectivity index (χ0n) is 10.9. The van der Waals surface area contributed by atoms with E-state index in [4.69, 9.17) is 0 Å². The lowest BCUT2D eigenvalue weighted by Crippen LogP contribution is -2.42. The molecule has 1 aliphatic carbocycles. The summed E-state index contributed by atoms with van der Waals surface area (Å²) in [6.45, 7) is 4.45. The molecule has 4 nitrogen and oxygen atoms in total. The van der Waals surface area contributed by atoms with Gasteiger partial charge in [0.1, 0.15) is 0 Å². The number of nitrogens with one attached hydrogen (secondary N) is 2. The van der Waals surface area contributed by atoms with Gasteiger partial charge in [-0.3, -0.25) is 9.59 Å². The van der Waals surface area contributed by atoms with E-state index in [9.17, 15) is 9.59 Å². The molecular formula is C14H20N2O2. The van der Waals surface area contributed by atoms with E-state index < -0.39 is 0 Å². The normalized spacial score (nSPS) is 27.8. The summed E-state index contributed by atoms with van der Waals surface area (Å²) in [5, 5.41) is 3.06. The molecule has 1 aromatic heterocycles. The van der Waals surface area contributed by atoms with Crippen molar-refractivity contribution in [1.29, 1.82) is 0 Å². The highest BCUT2D eigenvalue weighted by Crippen LogP contribution is 2.28. The number of carbonyl (C=O) groups is 1. The summed E-state index contributed by atoms with van der Waals surface area (Å²) in [7, 11) is 0. The number of H-pyrrole nitrogens is 1. The van der Waals surface area contributed by atoms with Gasteiger partial charge >= 0.3 is 0 Å². The largest absolute Gasteiger partial charge is 0.349 e. The number of carbonyl (C=O) groups excluding carboxylic acids is 1. The predicted octanol–water partition coefficient (Wildman–Crippen LogP) is 1.93. The van der Waals surface area contributed by atoms with Crippen LogP contribution in [0.2, 0.25) is 0 Å². The van der Waals surface area contributed by atoms with Crippen molar-refractivity contribution >= 4 is 5.91 Å². The fraction of sp³-hybridized carbons (Fsp3) is 0.571. The maximum absolute atomic E-state index is 12.0. The van der Waals surface area contributed by atoms with Crippen LogP contribution in [0.5, 0.6) is 0 Å². The minimum Gasteiger partial charge on any atom is -0.349 e. The van der Waals surface area contributed by atoms with Crippen molar-refractivity contribution in [3.63, 3.8) is 0 Å². The molecule has 0 radical (unpaired) electrons. The molecule has 2 rings (SSSR count). The number of rotatable bonds is 2. The number of aromatic amines is 1. The number of aromatic nitrogens is 1. The highest BCUT2D eigenvalue weighted by atomic mass is 16.2. The Morgan fingerprint density at radius 1 is 1.33 bits per heavy atom. The van der Waals surface area contributed by atoms with E-state index in [0.717, 1.165) is 18.8 Å². The second-order valence-electron chi connectivity index (χ2n) is 5.42. The van der Waals surface area contributed by atoms with Crippen molar-refractivity contribution in [3.8, 4) is 0 Å². The molecule has 98 valence electrons. The quantitative estimate of drug-likeness (QED) is 0.840. The zero-order chi connectivity index (χ0) is 13.1. The van der Waals surface area contributed by atoms with E-state index in [-0.39, 0.29) is 17.5 Å². The lowest BCUT2D eigenvalue weighted by molar-refractivity contribution is 0.0899. The topological polar surface area (TPSA) is 62.0 Å². The van der Waals surface area contributed by atoms with Crippen LogP contribution in [-0.4, -0.2) is 16.9 Å². The third-order valence-corrected chi connectivity index (χ3v) is 3.79. The van der Waals surface area contributed by atoms with E-state index in [0.29, 0.717) is 11.5 Å². The van der Waals surface area contributed by atoms with E-state index in [1.54, 1.807) is 6.07 Å². The standard InChI is InChI=1S/C14H20N2O2/c1-9-3-5-12(10(2)7-9)16-14(18)11-4-6-13(17)15-8-11/h4,6,8-10,12H,3,5,7H2,1-2H3,(H,15,17)(H,16,18). The zero-order valence-corrected chi connectivity index (χ0v) is 10.9. The van der Waals surface area contributed by atoms with Crippen LogP contribution < -0.4 is 10.9 Å². The maximum Gasteiger partial charge on any atom is 0.252 e. The number of hydrogen-bond acceptors (Lipinski definition) is 2. The molecule has 0 spiro atoms. The van der Waals surface area contributed by atoms with Crippen LogP contribution in [0.15, 0.2) is 23.1 Å². The average molecular weight is 248 g/mol. The second-order valence-corrected chi connectivity index (χ2v) is 5.42. The van der Waals surface area contributed by atoms with Crippen molar-refractivity contribution in [2.75, 3.05) is 0 Å². The van der Waals surface area contributed by atoms with E-state index in [2.05, 4.69) is 24.1 Å². The molecule has 0 aromatic carbocycles. The maximum atomic E-state index is 12.0. The Balaban J connectivity index is 1.99. The fourth-order valence-corrected chi connectivity index (χ4v) is 2.68. The molecule has 1 fully saturated rings. The lowest BCUT2D eigenvalue weighted by atomic mass is 9.80. The van der Waals surface area contributed by atoms with Gasteiger partial charge < -0.3 is 10.3 Å². The van der Waals surface area contributed by atoms with Crippen LogP contribution in [0.3, 0.4) is 0 Å². The first-order valence-electron chi connectivity index (χ1n) is 6.56. The number of hydrogen-bond donors (Lipinski definition) is 2. The molecule has 1 heterocycles. The predicted molar refractivity (Wildman–Crippen MR) is 70.5 cm³/mol. The molecule has 0 saturated heterocycles. The van der Waals surface area contributed by atoms with Crippen molar-refractivity contribution in [3.05, 3.63) is 34.2 Å². The van der Waals surface area contributed by atoms with E-state index in [1.807, 2.05) is 0 Å². The number of pyridine rings is 1. The molecule has 2 N–H and O–H groups in total. The van der Waals surface area contributed by atoms with Crippen molar-refractivity contribution in [2.45, 2.75) is 39.2 Å². The fourth-order valence-electron chi connectivity index (χ4n) is 2.68. The summed E-state index contributed by atoms with van der Waals surface area (Å²) < 4.78 is 0. The van der Waals surface area contributed by atoms with Gasteiger partial charge in [-0.25, -0.2) is 0 Å². The molecule has 18 heavy (non-hydrogen) atoms. The van der Waals surface area contributed by atoms with Crippen molar-refractivity contribution in [2.24, 2.45) is 11.8 Å². The molecule has 1 saturated carbocycles. The highest BCUT2D eigenvalue weighted by molar-refractivity contribution is 5.94. The second kappa shape index (κ2) is 5.38. The van der Waals surface area contributed by atoms with Crippen LogP contribution >= 0.6 is 0 Å². The van der Waals surface area contributed by atoms with E-state index >= 15 is 0 Å². The van der Waals surface area contributed by atoms with Gasteiger partial charge in [-0.2, -0.15) is 0 Å². The van der Waals surface area contributed by atoms with Gasteiger partial charge in [-0.1, -0.05) is 13.8 Å². The summed E-state index contributed by atoms with van der Waals surface area (Å²) >= 11 is 0. The minimum absolute atomic E-state index is 0.0994. The Morgan fingerprint density at radius 3 is 2.72 bits per heavy atom. The molecule has 3 atom stereocenters. The van der Waals surface area contributed by atoms with Gasteiger partial charge in [-0.15, -0.1) is 0 Å². The first-order chi connectivity index (χ1) is 8.56. The molecule has 0 bridgehead atoms.